The average Bonchev–Trinajstić information content (AvgIpc) is 2.83. The minimum atomic E-state index is -0.566. The SMILES string of the molecule is CCOc1cc(C(=O)N/N=C\c2cccc(OCC(N)=O)c2)ccc1OCc1ccccc1. The van der Waals surface area contributed by atoms with Crippen LogP contribution in [0, 0.1) is 0 Å². The molecular formula is C25H25N3O5. The Kier molecular flexibility index (Phi) is 8.41. The standard InChI is InChI=1S/C25H25N3O5/c1-2-31-23-14-20(11-12-22(23)33-16-18-7-4-3-5-8-18)25(30)28-27-15-19-9-6-10-21(13-19)32-17-24(26)29/h3-15H,2,16-17H2,1H3,(H2,26,29)(H,28,30)/b27-15-. The van der Waals surface area contributed by atoms with E-state index in [9.17, 15) is 9.59 Å². The van der Waals surface area contributed by atoms with Crippen molar-refractivity contribution in [2.24, 2.45) is 10.8 Å². The Morgan fingerprint density at radius 2 is 1.76 bits per heavy atom. The maximum absolute atomic E-state index is 12.5. The summed E-state index contributed by atoms with van der Waals surface area (Å²) >= 11 is 0. The van der Waals surface area contributed by atoms with Crippen LogP contribution in [-0.2, 0) is 11.4 Å². The predicted octanol–water partition coefficient (Wildman–Crippen LogP) is 3.29. The summed E-state index contributed by atoms with van der Waals surface area (Å²) in [5.41, 5.74) is 9.64. The quantitative estimate of drug-likeness (QED) is 0.346. The summed E-state index contributed by atoms with van der Waals surface area (Å²) in [6.45, 7) is 2.46. The first-order valence-corrected chi connectivity index (χ1v) is 10.3. The minimum absolute atomic E-state index is 0.218. The molecule has 0 aliphatic rings. The largest absolute Gasteiger partial charge is 0.490 e. The third kappa shape index (κ3) is 7.39. The fourth-order valence-electron chi connectivity index (χ4n) is 2.84. The molecule has 3 N–H and O–H groups in total. The number of carbonyl (C=O) groups is 2. The number of rotatable bonds is 11. The fourth-order valence-corrected chi connectivity index (χ4v) is 2.84. The lowest BCUT2D eigenvalue weighted by Crippen LogP contribution is -2.20. The summed E-state index contributed by atoms with van der Waals surface area (Å²) in [6, 6.07) is 21.6. The van der Waals surface area contributed by atoms with Crippen LogP contribution in [0.4, 0.5) is 0 Å². The molecule has 0 radical (unpaired) electrons. The summed E-state index contributed by atoms with van der Waals surface area (Å²) in [4.78, 5) is 23.4. The number of nitrogens with zero attached hydrogens (tertiary/aromatic N) is 1. The number of nitrogens with two attached hydrogens (primary N) is 1. The van der Waals surface area contributed by atoms with Crippen LogP contribution in [0.1, 0.15) is 28.4 Å². The van der Waals surface area contributed by atoms with Gasteiger partial charge in [-0.25, -0.2) is 5.43 Å². The van der Waals surface area contributed by atoms with E-state index < -0.39 is 11.8 Å². The maximum atomic E-state index is 12.5. The first kappa shape index (κ1) is 23.3. The lowest BCUT2D eigenvalue weighted by atomic mass is 10.2. The molecule has 0 saturated carbocycles. The molecule has 33 heavy (non-hydrogen) atoms. The molecule has 170 valence electrons. The second kappa shape index (κ2) is 11.9. The highest BCUT2D eigenvalue weighted by atomic mass is 16.5. The summed E-state index contributed by atoms with van der Waals surface area (Å²) in [5, 5.41) is 3.98. The van der Waals surface area contributed by atoms with E-state index in [2.05, 4.69) is 10.5 Å². The van der Waals surface area contributed by atoms with E-state index in [0.717, 1.165) is 5.56 Å². The van der Waals surface area contributed by atoms with Gasteiger partial charge >= 0.3 is 0 Å². The zero-order valence-corrected chi connectivity index (χ0v) is 18.2. The number of carbonyl (C=O) groups excluding carboxylic acids is 2. The van der Waals surface area contributed by atoms with Gasteiger partial charge in [0.2, 0.25) is 0 Å². The molecule has 0 spiro atoms. The third-order valence-electron chi connectivity index (χ3n) is 4.36. The number of primary amides is 1. The monoisotopic (exact) mass is 447 g/mol. The van der Waals surface area contributed by atoms with Crippen LogP contribution in [0.3, 0.4) is 0 Å². The van der Waals surface area contributed by atoms with E-state index in [0.29, 0.717) is 41.6 Å². The number of benzene rings is 3. The number of hydrogen-bond donors (Lipinski definition) is 2. The van der Waals surface area contributed by atoms with Gasteiger partial charge in [0.15, 0.2) is 18.1 Å². The molecule has 0 saturated heterocycles. The van der Waals surface area contributed by atoms with Gasteiger partial charge in [-0.2, -0.15) is 5.10 Å². The third-order valence-corrected chi connectivity index (χ3v) is 4.36. The molecular weight excluding hydrogens is 422 g/mol. The second-order valence-corrected chi connectivity index (χ2v) is 6.90. The summed E-state index contributed by atoms with van der Waals surface area (Å²) in [5.74, 6) is 0.529. The van der Waals surface area contributed by atoms with Crippen LogP contribution in [0.25, 0.3) is 0 Å². The number of nitrogens with one attached hydrogen (secondary N) is 1. The lowest BCUT2D eigenvalue weighted by molar-refractivity contribution is -0.119. The van der Waals surface area contributed by atoms with Crippen LogP contribution in [0.5, 0.6) is 17.2 Å². The zero-order valence-electron chi connectivity index (χ0n) is 18.2. The van der Waals surface area contributed by atoms with Gasteiger partial charge < -0.3 is 19.9 Å². The molecule has 8 nitrogen and oxygen atoms in total. The van der Waals surface area contributed by atoms with Crippen molar-refractivity contribution in [2.45, 2.75) is 13.5 Å². The predicted molar refractivity (Wildman–Crippen MR) is 125 cm³/mol. The van der Waals surface area contributed by atoms with Crippen molar-refractivity contribution in [1.29, 1.82) is 0 Å². The highest BCUT2D eigenvalue weighted by Gasteiger charge is 2.11. The van der Waals surface area contributed by atoms with Crippen LogP contribution >= 0.6 is 0 Å². The van der Waals surface area contributed by atoms with Gasteiger partial charge in [-0.3, -0.25) is 9.59 Å². The second-order valence-electron chi connectivity index (χ2n) is 6.90. The Bertz CT molecular complexity index is 1120. The summed E-state index contributed by atoms with van der Waals surface area (Å²) in [6.07, 6.45) is 1.47. The van der Waals surface area contributed by atoms with Crippen molar-refractivity contribution in [3.63, 3.8) is 0 Å². The van der Waals surface area contributed by atoms with Crippen LogP contribution in [-0.4, -0.2) is 31.2 Å². The molecule has 2 amide bonds. The van der Waals surface area contributed by atoms with Gasteiger partial charge in [-0.15, -0.1) is 0 Å². The van der Waals surface area contributed by atoms with E-state index in [4.69, 9.17) is 19.9 Å². The normalized spacial score (nSPS) is 10.6. The molecule has 3 aromatic carbocycles. The molecule has 0 aromatic heterocycles. The minimum Gasteiger partial charge on any atom is -0.490 e. The Labute approximate surface area is 192 Å². The maximum Gasteiger partial charge on any atom is 0.271 e. The molecule has 0 fully saturated rings. The number of hydrogen-bond acceptors (Lipinski definition) is 6. The lowest BCUT2D eigenvalue weighted by Gasteiger charge is -2.13. The van der Waals surface area contributed by atoms with Crippen molar-refractivity contribution in [2.75, 3.05) is 13.2 Å². The highest BCUT2D eigenvalue weighted by Crippen LogP contribution is 2.29. The average molecular weight is 447 g/mol. The molecule has 3 rings (SSSR count). The molecule has 0 heterocycles. The molecule has 0 unspecified atom stereocenters. The van der Waals surface area contributed by atoms with Gasteiger partial charge in [0, 0.05) is 5.56 Å². The van der Waals surface area contributed by atoms with E-state index >= 15 is 0 Å². The molecule has 8 heteroatoms. The van der Waals surface area contributed by atoms with Gasteiger partial charge in [-0.1, -0.05) is 42.5 Å². The highest BCUT2D eigenvalue weighted by molar-refractivity contribution is 5.95. The van der Waals surface area contributed by atoms with Crippen molar-refractivity contribution >= 4 is 18.0 Å². The van der Waals surface area contributed by atoms with Crippen molar-refractivity contribution in [3.8, 4) is 17.2 Å². The van der Waals surface area contributed by atoms with Gasteiger partial charge in [0.1, 0.15) is 12.4 Å². The first-order chi connectivity index (χ1) is 16.0. The van der Waals surface area contributed by atoms with Crippen LogP contribution in [0.2, 0.25) is 0 Å². The summed E-state index contributed by atoms with van der Waals surface area (Å²) < 4.78 is 16.8. The molecule has 0 bridgehead atoms. The molecule has 0 aliphatic carbocycles. The van der Waals surface area contributed by atoms with Gasteiger partial charge in [0.25, 0.3) is 11.8 Å². The first-order valence-electron chi connectivity index (χ1n) is 10.3. The fraction of sp³-hybridized carbons (Fsp3) is 0.160. The van der Waals surface area contributed by atoms with Crippen molar-refractivity contribution in [1.82, 2.24) is 5.43 Å². The van der Waals surface area contributed by atoms with Crippen molar-refractivity contribution in [3.05, 3.63) is 89.5 Å². The van der Waals surface area contributed by atoms with E-state index in [-0.39, 0.29) is 6.61 Å². The Morgan fingerprint density at radius 1 is 0.939 bits per heavy atom. The van der Waals surface area contributed by atoms with Crippen LogP contribution < -0.4 is 25.4 Å². The smallest absolute Gasteiger partial charge is 0.271 e. The van der Waals surface area contributed by atoms with E-state index in [1.165, 1.54) is 6.21 Å². The topological polar surface area (TPSA) is 112 Å². The van der Waals surface area contributed by atoms with E-state index in [1.807, 2.05) is 37.3 Å². The van der Waals surface area contributed by atoms with Gasteiger partial charge in [-0.05, 0) is 48.4 Å². The summed E-state index contributed by atoms with van der Waals surface area (Å²) in [7, 11) is 0. The number of amides is 2. The number of ether oxygens (including phenoxy) is 3. The van der Waals surface area contributed by atoms with E-state index in [1.54, 1.807) is 42.5 Å². The Balaban J connectivity index is 1.62. The molecule has 3 aromatic rings. The zero-order chi connectivity index (χ0) is 23.5. The number of hydrazone groups is 1. The van der Waals surface area contributed by atoms with Crippen molar-refractivity contribution < 1.29 is 23.8 Å². The Hall–Kier alpha value is -4.33. The Morgan fingerprint density at radius 3 is 2.52 bits per heavy atom. The van der Waals surface area contributed by atoms with Gasteiger partial charge in [0.05, 0.1) is 12.8 Å². The molecule has 0 aliphatic heterocycles. The molecule has 0 atom stereocenters. The van der Waals surface area contributed by atoms with Crippen LogP contribution in [0.15, 0.2) is 77.9 Å².